The molecule has 0 saturated carbocycles. The van der Waals surface area contributed by atoms with Gasteiger partial charge in [-0.15, -0.1) is 11.3 Å². The van der Waals surface area contributed by atoms with E-state index in [1.54, 1.807) is 17.4 Å². The summed E-state index contributed by atoms with van der Waals surface area (Å²) < 4.78 is 0.782. The van der Waals surface area contributed by atoms with Crippen LogP contribution in [-0.2, 0) is 12.0 Å². The molecule has 0 aromatic carbocycles. The number of thiophene rings is 1. The van der Waals surface area contributed by atoms with Gasteiger partial charge in [0.05, 0.1) is 10.9 Å². The largest absolute Gasteiger partial charge is 0.365 e. The van der Waals surface area contributed by atoms with E-state index in [0.717, 1.165) is 20.9 Å². The predicted molar refractivity (Wildman–Crippen MR) is 85.2 cm³/mol. The minimum atomic E-state index is -0.143. The van der Waals surface area contributed by atoms with E-state index in [0.29, 0.717) is 12.4 Å². The fourth-order valence-electron chi connectivity index (χ4n) is 1.57. The van der Waals surface area contributed by atoms with Crippen molar-refractivity contribution in [1.29, 1.82) is 0 Å². The molecule has 0 radical (unpaired) electrons. The zero-order valence-electron chi connectivity index (χ0n) is 11.7. The fraction of sp³-hybridized carbons (Fsp3) is 0.385. The van der Waals surface area contributed by atoms with Crippen LogP contribution in [0.3, 0.4) is 0 Å². The van der Waals surface area contributed by atoms with E-state index in [4.69, 9.17) is 17.4 Å². The topological polar surface area (TPSA) is 75.9 Å². The minimum absolute atomic E-state index is 0.143. The molecule has 0 saturated heterocycles. The summed E-state index contributed by atoms with van der Waals surface area (Å²) in [5.41, 5.74) is 2.43. The van der Waals surface area contributed by atoms with E-state index in [1.165, 1.54) is 0 Å². The Bertz CT molecular complexity index is 591. The molecule has 0 unspecified atom stereocenters. The Labute approximate surface area is 127 Å². The van der Waals surface area contributed by atoms with Crippen LogP contribution < -0.4 is 16.6 Å². The van der Waals surface area contributed by atoms with E-state index in [2.05, 4.69) is 41.5 Å². The molecular formula is C13H18ClN5S. The first kappa shape index (κ1) is 15.0. The van der Waals surface area contributed by atoms with Crippen molar-refractivity contribution < 1.29 is 0 Å². The van der Waals surface area contributed by atoms with Gasteiger partial charge in [-0.05, 0) is 12.1 Å². The van der Waals surface area contributed by atoms with Crippen LogP contribution in [0.2, 0.25) is 4.34 Å². The molecule has 2 aromatic heterocycles. The summed E-state index contributed by atoms with van der Waals surface area (Å²) in [7, 11) is 0. The van der Waals surface area contributed by atoms with Crippen LogP contribution in [0.15, 0.2) is 18.2 Å². The number of hydrogen-bond donors (Lipinski definition) is 3. The summed E-state index contributed by atoms with van der Waals surface area (Å²) >= 11 is 7.46. The lowest BCUT2D eigenvalue weighted by Gasteiger charge is -2.18. The van der Waals surface area contributed by atoms with E-state index in [1.807, 2.05) is 12.1 Å². The molecule has 4 N–H and O–H groups in total. The molecule has 5 nitrogen and oxygen atoms in total. The summed E-state index contributed by atoms with van der Waals surface area (Å²) in [6.07, 6.45) is 0. The molecule has 108 valence electrons. The molecule has 0 spiro atoms. The Hall–Kier alpha value is -1.37. The first-order chi connectivity index (χ1) is 9.38. The molecule has 0 atom stereocenters. The number of nitrogens with one attached hydrogen (secondary N) is 2. The van der Waals surface area contributed by atoms with Crippen molar-refractivity contribution in [2.45, 2.75) is 32.7 Å². The van der Waals surface area contributed by atoms with Crippen molar-refractivity contribution in [2.75, 3.05) is 10.7 Å². The Morgan fingerprint density at radius 3 is 2.50 bits per heavy atom. The highest BCUT2D eigenvalue weighted by Gasteiger charge is 2.19. The van der Waals surface area contributed by atoms with Crippen molar-refractivity contribution in [3.05, 3.63) is 33.2 Å². The van der Waals surface area contributed by atoms with Crippen molar-refractivity contribution >= 4 is 34.6 Å². The van der Waals surface area contributed by atoms with Gasteiger partial charge in [0.1, 0.15) is 17.5 Å². The number of nitrogen functional groups attached to an aromatic ring is 1. The zero-order valence-corrected chi connectivity index (χ0v) is 13.3. The molecule has 20 heavy (non-hydrogen) atoms. The van der Waals surface area contributed by atoms with Gasteiger partial charge in [0.15, 0.2) is 0 Å². The maximum atomic E-state index is 5.91. The third-order valence-corrected chi connectivity index (χ3v) is 3.85. The lowest BCUT2D eigenvalue weighted by Crippen LogP contribution is -2.19. The number of nitrogens with two attached hydrogens (primary N) is 1. The summed E-state index contributed by atoms with van der Waals surface area (Å²) in [5.74, 6) is 7.53. The number of rotatable bonds is 4. The standard InChI is InChI=1S/C13H18ClN5S/c1-13(2,3)12-17-10(6-11(18-12)19-15)16-7-8-4-5-9(14)20-8/h4-6H,7,15H2,1-3H3,(H2,16,17,18,19). The third kappa shape index (κ3) is 3.82. The van der Waals surface area contributed by atoms with Gasteiger partial charge >= 0.3 is 0 Å². The highest BCUT2D eigenvalue weighted by atomic mass is 35.5. The first-order valence-electron chi connectivity index (χ1n) is 6.23. The minimum Gasteiger partial charge on any atom is -0.365 e. The second-order valence-corrected chi connectivity index (χ2v) is 7.22. The second kappa shape index (κ2) is 5.95. The van der Waals surface area contributed by atoms with Crippen molar-refractivity contribution in [3.63, 3.8) is 0 Å². The van der Waals surface area contributed by atoms with Crippen LogP contribution in [0.5, 0.6) is 0 Å². The normalized spacial score (nSPS) is 11.4. The fourth-order valence-corrected chi connectivity index (χ4v) is 2.60. The Kier molecular flexibility index (Phi) is 4.47. The van der Waals surface area contributed by atoms with E-state index in [-0.39, 0.29) is 5.41 Å². The van der Waals surface area contributed by atoms with Crippen LogP contribution in [0, 0.1) is 0 Å². The van der Waals surface area contributed by atoms with Crippen LogP contribution in [0.4, 0.5) is 11.6 Å². The number of anilines is 2. The lowest BCUT2D eigenvalue weighted by molar-refractivity contribution is 0.546. The molecule has 7 heteroatoms. The molecular weight excluding hydrogens is 294 g/mol. The van der Waals surface area contributed by atoms with Gasteiger partial charge < -0.3 is 10.7 Å². The van der Waals surface area contributed by atoms with Gasteiger partial charge in [-0.2, -0.15) is 0 Å². The molecule has 0 aliphatic rings. The molecule has 0 aliphatic carbocycles. The van der Waals surface area contributed by atoms with Crippen molar-refractivity contribution in [2.24, 2.45) is 5.84 Å². The molecule has 0 fully saturated rings. The first-order valence-corrected chi connectivity index (χ1v) is 7.42. The number of hydrogen-bond acceptors (Lipinski definition) is 6. The second-order valence-electron chi connectivity index (χ2n) is 5.42. The third-order valence-electron chi connectivity index (χ3n) is 2.62. The van der Waals surface area contributed by atoms with E-state index >= 15 is 0 Å². The monoisotopic (exact) mass is 311 g/mol. The van der Waals surface area contributed by atoms with Crippen LogP contribution in [-0.4, -0.2) is 9.97 Å². The van der Waals surface area contributed by atoms with Crippen LogP contribution in [0.1, 0.15) is 31.5 Å². The SMILES string of the molecule is CC(C)(C)c1nc(NN)cc(NCc2ccc(Cl)s2)n1. The molecule has 2 aromatic rings. The highest BCUT2D eigenvalue weighted by Crippen LogP contribution is 2.24. The predicted octanol–water partition coefficient (Wildman–Crippen LogP) is 3.39. The Morgan fingerprint density at radius 2 is 1.95 bits per heavy atom. The highest BCUT2D eigenvalue weighted by molar-refractivity contribution is 7.16. The Morgan fingerprint density at radius 1 is 1.25 bits per heavy atom. The van der Waals surface area contributed by atoms with E-state index < -0.39 is 0 Å². The quantitative estimate of drug-likeness (QED) is 0.596. The summed E-state index contributed by atoms with van der Waals surface area (Å²) in [5, 5.41) is 3.27. The smallest absolute Gasteiger partial charge is 0.145 e. The van der Waals surface area contributed by atoms with E-state index in [9.17, 15) is 0 Å². The van der Waals surface area contributed by atoms with Gasteiger partial charge in [0.2, 0.25) is 0 Å². The van der Waals surface area contributed by atoms with Gasteiger partial charge in [-0.3, -0.25) is 0 Å². The summed E-state index contributed by atoms with van der Waals surface area (Å²) in [4.78, 5) is 10.1. The van der Waals surface area contributed by atoms with Gasteiger partial charge in [0, 0.05) is 16.4 Å². The maximum Gasteiger partial charge on any atom is 0.145 e. The van der Waals surface area contributed by atoms with Gasteiger partial charge in [0.25, 0.3) is 0 Å². The molecule has 0 amide bonds. The average molecular weight is 312 g/mol. The lowest BCUT2D eigenvalue weighted by atomic mass is 9.96. The maximum absolute atomic E-state index is 5.91. The number of halogens is 1. The Balaban J connectivity index is 2.18. The summed E-state index contributed by atoms with van der Waals surface area (Å²) in [6, 6.07) is 5.66. The summed E-state index contributed by atoms with van der Waals surface area (Å²) in [6.45, 7) is 6.85. The zero-order chi connectivity index (χ0) is 14.8. The molecule has 2 heterocycles. The molecule has 0 aliphatic heterocycles. The number of hydrazine groups is 1. The van der Waals surface area contributed by atoms with Crippen molar-refractivity contribution in [3.8, 4) is 0 Å². The van der Waals surface area contributed by atoms with Crippen molar-refractivity contribution in [1.82, 2.24) is 9.97 Å². The molecule has 0 bridgehead atoms. The number of nitrogens with zero attached hydrogens (tertiary/aromatic N) is 2. The van der Waals surface area contributed by atoms with Crippen LogP contribution >= 0.6 is 22.9 Å². The van der Waals surface area contributed by atoms with Gasteiger partial charge in [-0.1, -0.05) is 32.4 Å². The van der Waals surface area contributed by atoms with Crippen LogP contribution in [0.25, 0.3) is 0 Å². The average Bonchev–Trinajstić information content (AvgIpc) is 2.81. The molecule has 2 rings (SSSR count). The number of aromatic nitrogens is 2. The van der Waals surface area contributed by atoms with Gasteiger partial charge in [-0.25, -0.2) is 15.8 Å².